The molecule has 2 aromatic carbocycles. The van der Waals surface area contributed by atoms with Crippen LogP contribution in [0.5, 0.6) is 5.75 Å². The third-order valence-corrected chi connectivity index (χ3v) is 5.17. The van der Waals surface area contributed by atoms with Gasteiger partial charge >= 0.3 is 0 Å². The Balaban J connectivity index is 1.95. The van der Waals surface area contributed by atoms with Crippen LogP contribution >= 0.6 is 11.6 Å². The van der Waals surface area contributed by atoms with Crippen molar-refractivity contribution in [1.29, 1.82) is 0 Å². The SMILES string of the molecule is C=CC(O)Nc1cccc(-n2cc(-c3ccc(OC)c(Cl)c3)c3c(N)n[nH]c(=O)c32)c1. The Hall–Kier alpha value is -3.75. The Labute approximate surface area is 182 Å². The molecule has 0 aliphatic rings. The van der Waals surface area contributed by atoms with E-state index >= 15 is 0 Å². The number of ether oxygens (including phenoxy) is 1. The Bertz CT molecular complexity index is 1340. The molecule has 2 heterocycles. The van der Waals surface area contributed by atoms with E-state index in [9.17, 15) is 9.90 Å². The van der Waals surface area contributed by atoms with Crippen LogP contribution in [0.4, 0.5) is 11.5 Å². The van der Waals surface area contributed by atoms with Crippen molar-refractivity contribution in [3.8, 4) is 22.6 Å². The first-order chi connectivity index (χ1) is 14.9. The van der Waals surface area contributed by atoms with Crippen LogP contribution in [0, 0.1) is 0 Å². The fraction of sp³-hybridized carbons (Fsp3) is 0.0909. The van der Waals surface area contributed by atoms with E-state index in [2.05, 4.69) is 22.1 Å². The Kier molecular flexibility index (Phi) is 5.41. The molecule has 0 saturated carbocycles. The number of anilines is 2. The zero-order valence-electron chi connectivity index (χ0n) is 16.6. The molecule has 0 aliphatic carbocycles. The number of nitrogens with zero attached hydrogens (tertiary/aromatic N) is 2. The number of aliphatic hydroxyl groups excluding tert-OH is 1. The summed E-state index contributed by atoms with van der Waals surface area (Å²) in [7, 11) is 1.54. The number of methoxy groups -OCH3 is 1. The number of nitrogens with two attached hydrogens (primary N) is 1. The van der Waals surface area contributed by atoms with Gasteiger partial charge in [-0.15, -0.1) is 0 Å². The highest BCUT2D eigenvalue weighted by atomic mass is 35.5. The molecule has 2 aromatic heterocycles. The summed E-state index contributed by atoms with van der Waals surface area (Å²) in [6.07, 6.45) is 2.27. The maximum atomic E-state index is 12.7. The second kappa shape index (κ2) is 8.17. The predicted octanol–water partition coefficient (Wildman–Crippen LogP) is 3.54. The summed E-state index contributed by atoms with van der Waals surface area (Å²) < 4.78 is 6.96. The van der Waals surface area contributed by atoms with Gasteiger partial charge in [0.1, 0.15) is 17.5 Å². The van der Waals surface area contributed by atoms with Crippen molar-refractivity contribution in [1.82, 2.24) is 14.8 Å². The zero-order valence-corrected chi connectivity index (χ0v) is 17.3. The average molecular weight is 438 g/mol. The molecule has 8 nitrogen and oxygen atoms in total. The van der Waals surface area contributed by atoms with Gasteiger partial charge in [0.15, 0.2) is 5.82 Å². The highest BCUT2D eigenvalue weighted by molar-refractivity contribution is 6.32. The van der Waals surface area contributed by atoms with Gasteiger partial charge in [-0.2, -0.15) is 5.10 Å². The fourth-order valence-electron chi connectivity index (χ4n) is 3.44. The number of hydrogen-bond acceptors (Lipinski definition) is 6. The molecule has 4 aromatic rings. The van der Waals surface area contributed by atoms with Crippen LogP contribution in [0.1, 0.15) is 0 Å². The van der Waals surface area contributed by atoms with E-state index in [0.29, 0.717) is 38.6 Å². The molecule has 9 heteroatoms. The van der Waals surface area contributed by atoms with Gasteiger partial charge in [-0.05, 0) is 42.0 Å². The summed E-state index contributed by atoms with van der Waals surface area (Å²) in [5, 5.41) is 20.0. The van der Waals surface area contributed by atoms with E-state index in [4.69, 9.17) is 22.1 Å². The minimum Gasteiger partial charge on any atom is -0.495 e. The Morgan fingerprint density at radius 3 is 2.87 bits per heavy atom. The third kappa shape index (κ3) is 3.74. The molecule has 1 unspecified atom stereocenters. The fourth-order valence-corrected chi connectivity index (χ4v) is 3.70. The number of aromatic nitrogens is 3. The van der Waals surface area contributed by atoms with E-state index in [1.807, 2.05) is 18.2 Å². The van der Waals surface area contributed by atoms with Gasteiger partial charge < -0.3 is 25.5 Å². The molecule has 0 aliphatic heterocycles. The van der Waals surface area contributed by atoms with Crippen LogP contribution < -0.4 is 21.3 Å². The number of fused-ring (bicyclic) bond motifs is 1. The third-order valence-electron chi connectivity index (χ3n) is 4.88. The average Bonchev–Trinajstić information content (AvgIpc) is 3.18. The van der Waals surface area contributed by atoms with Crippen molar-refractivity contribution in [2.24, 2.45) is 0 Å². The van der Waals surface area contributed by atoms with Crippen molar-refractivity contribution >= 4 is 34.0 Å². The number of nitrogens with one attached hydrogen (secondary N) is 2. The van der Waals surface area contributed by atoms with Gasteiger partial charge in [0.2, 0.25) is 0 Å². The molecule has 31 heavy (non-hydrogen) atoms. The topological polar surface area (TPSA) is 118 Å². The van der Waals surface area contributed by atoms with Crippen molar-refractivity contribution in [2.75, 3.05) is 18.2 Å². The predicted molar refractivity (Wildman–Crippen MR) is 123 cm³/mol. The van der Waals surface area contributed by atoms with Crippen LogP contribution in [0.3, 0.4) is 0 Å². The molecular formula is C22H20ClN5O3. The van der Waals surface area contributed by atoms with E-state index in [0.717, 1.165) is 5.56 Å². The Morgan fingerprint density at radius 2 is 2.16 bits per heavy atom. The van der Waals surface area contributed by atoms with E-state index < -0.39 is 6.23 Å². The largest absolute Gasteiger partial charge is 0.495 e. The summed E-state index contributed by atoms with van der Waals surface area (Å²) in [5.74, 6) is 0.726. The lowest BCUT2D eigenvalue weighted by Crippen LogP contribution is -2.15. The van der Waals surface area contributed by atoms with E-state index in [1.165, 1.54) is 6.08 Å². The lowest BCUT2D eigenvalue weighted by Gasteiger charge is -2.12. The maximum absolute atomic E-state index is 12.7. The lowest BCUT2D eigenvalue weighted by atomic mass is 10.1. The highest BCUT2D eigenvalue weighted by Crippen LogP contribution is 2.37. The highest BCUT2D eigenvalue weighted by Gasteiger charge is 2.19. The summed E-state index contributed by atoms with van der Waals surface area (Å²) in [6, 6.07) is 12.6. The lowest BCUT2D eigenvalue weighted by molar-refractivity contribution is 0.253. The molecule has 0 amide bonds. The molecule has 158 valence electrons. The maximum Gasteiger partial charge on any atom is 0.289 e. The number of aliphatic hydroxyl groups is 1. The van der Waals surface area contributed by atoms with Gasteiger partial charge in [0, 0.05) is 23.1 Å². The number of rotatable bonds is 6. The normalized spacial score (nSPS) is 12.0. The smallest absolute Gasteiger partial charge is 0.289 e. The molecular weight excluding hydrogens is 418 g/mol. The summed E-state index contributed by atoms with van der Waals surface area (Å²) in [5.41, 5.74) is 8.90. The van der Waals surface area contributed by atoms with Crippen LogP contribution in [0.25, 0.3) is 27.7 Å². The van der Waals surface area contributed by atoms with Gasteiger partial charge in [0.25, 0.3) is 5.56 Å². The van der Waals surface area contributed by atoms with Crippen molar-refractivity contribution < 1.29 is 9.84 Å². The van der Waals surface area contributed by atoms with Gasteiger partial charge in [-0.25, -0.2) is 5.10 Å². The summed E-state index contributed by atoms with van der Waals surface area (Å²) in [6.45, 7) is 3.55. The molecule has 5 N–H and O–H groups in total. The van der Waals surface area contributed by atoms with Crippen molar-refractivity contribution in [3.05, 3.63) is 76.7 Å². The summed E-state index contributed by atoms with van der Waals surface area (Å²) in [4.78, 5) is 12.7. The number of halogens is 1. The van der Waals surface area contributed by atoms with Gasteiger partial charge in [-0.3, -0.25) is 4.79 Å². The number of H-pyrrole nitrogens is 1. The van der Waals surface area contributed by atoms with E-state index in [-0.39, 0.29) is 11.4 Å². The number of hydrogen-bond donors (Lipinski definition) is 4. The molecule has 4 rings (SSSR count). The van der Waals surface area contributed by atoms with Gasteiger partial charge in [-0.1, -0.05) is 30.3 Å². The summed E-state index contributed by atoms with van der Waals surface area (Å²) >= 11 is 6.32. The number of benzene rings is 2. The molecule has 0 bridgehead atoms. The van der Waals surface area contributed by atoms with Crippen LogP contribution in [-0.4, -0.2) is 33.2 Å². The second-order valence-electron chi connectivity index (χ2n) is 6.80. The standard InChI is InChI=1S/C22H20ClN5O3/c1-3-18(29)25-13-5-4-6-14(10-13)28-11-15(12-7-8-17(31-2)16(23)9-12)19-20(28)22(30)27-26-21(19)24/h3-11,18,25,29H,1H2,2H3,(H2,24,26)(H,27,30). The van der Waals surface area contributed by atoms with Crippen LogP contribution in [0.15, 0.2) is 66.1 Å². The van der Waals surface area contributed by atoms with Crippen molar-refractivity contribution in [3.63, 3.8) is 0 Å². The first kappa shape index (κ1) is 20.5. The van der Waals surface area contributed by atoms with Crippen LogP contribution in [-0.2, 0) is 0 Å². The quantitative estimate of drug-likeness (QED) is 0.270. The first-order valence-corrected chi connectivity index (χ1v) is 9.71. The minimum absolute atomic E-state index is 0.187. The zero-order chi connectivity index (χ0) is 22.1. The monoisotopic (exact) mass is 437 g/mol. The number of nitrogen functional groups attached to an aromatic ring is 1. The van der Waals surface area contributed by atoms with E-state index in [1.54, 1.807) is 42.1 Å². The number of aromatic amines is 1. The van der Waals surface area contributed by atoms with Gasteiger partial charge in [0.05, 0.1) is 17.5 Å². The molecule has 0 radical (unpaired) electrons. The second-order valence-corrected chi connectivity index (χ2v) is 7.21. The van der Waals surface area contributed by atoms with Crippen LogP contribution in [0.2, 0.25) is 5.02 Å². The Morgan fingerprint density at radius 1 is 1.35 bits per heavy atom. The molecule has 0 fully saturated rings. The molecule has 1 atom stereocenters. The molecule has 0 saturated heterocycles. The first-order valence-electron chi connectivity index (χ1n) is 9.33. The van der Waals surface area contributed by atoms with Crippen molar-refractivity contribution in [2.45, 2.75) is 6.23 Å². The minimum atomic E-state index is -0.906. The molecule has 0 spiro atoms.